The van der Waals surface area contributed by atoms with E-state index in [4.69, 9.17) is 21.3 Å². The summed E-state index contributed by atoms with van der Waals surface area (Å²) >= 11 is 7.61. The van der Waals surface area contributed by atoms with E-state index in [1.807, 2.05) is 35.7 Å². The zero-order valence-corrected chi connectivity index (χ0v) is 20.8. The molecule has 9 heteroatoms. The van der Waals surface area contributed by atoms with Crippen molar-refractivity contribution < 1.29 is 9.84 Å². The fourth-order valence-corrected chi connectivity index (χ4v) is 5.35. The Balaban J connectivity index is 1.53. The van der Waals surface area contributed by atoms with Crippen molar-refractivity contribution in [2.45, 2.75) is 25.5 Å². The predicted octanol–water partition coefficient (Wildman–Crippen LogP) is 3.77. The van der Waals surface area contributed by atoms with Gasteiger partial charge in [-0.25, -0.2) is 4.98 Å². The molecular formula is C25H31ClN4O3S. The molecule has 0 spiro atoms. The molecule has 4 rings (SSSR count). The summed E-state index contributed by atoms with van der Waals surface area (Å²) in [5.74, 6) is 0.606. The Kier molecular flexibility index (Phi) is 8.88. The smallest absolute Gasteiger partial charge is 0.260 e. The fourth-order valence-electron chi connectivity index (χ4n) is 4.19. The molecule has 1 unspecified atom stereocenters. The minimum absolute atomic E-state index is 0.156. The highest BCUT2D eigenvalue weighted by Gasteiger charge is 2.18. The number of aliphatic hydroxyl groups is 1. The van der Waals surface area contributed by atoms with Crippen molar-refractivity contribution in [3.63, 3.8) is 0 Å². The second-order valence-electron chi connectivity index (χ2n) is 8.56. The Morgan fingerprint density at radius 1 is 1.38 bits per heavy atom. The third-order valence-corrected chi connectivity index (χ3v) is 7.12. The fraction of sp³-hybridized carbons (Fsp3) is 0.440. The number of hydrogen-bond acceptors (Lipinski definition) is 7. The molecule has 0 amide bonds. The Hall–Kier alpha value is -2.07. The zero-order valence-electron chi connectivity index (χ0n) is 19.2. The maximum atomic E-state index is 13.1. The summed E-state index contributed by atoms with van der Waals surface area (Å²) < 4.78 is 5.44. The van der Waals surface area contributed by atoms with Gasteiger partial charge in [-0.1, -0.05) is 29.8 Å². The highest BCUT2D eigenvalue weighted by atomic mass is 35.5. The summed E-state index contributed by atoms with van der Waals surface area (Å²) in [5.41, 5.74) is 1.58. The number of nitrogens with one attached hydrogen (secondary N) is 1. The van der Waals surface area contributed by atoms with Gasteiger partial charge in [0, 0.05) is 48.7 Å². The van der Waals surface area contributed by atoms with E-state index in [0.717, 1.165) is 56.9 Å². The van der Waals surface area contributed by atoms with Crippen LogP contribution in [-0.4, -0.2) is 76.9 Å². The number of aromatic amines is 1. The molecule has 7 nitrogen and oxygen atoms in total. The Bertz CT molecular complexity index is 1160. The number of allylic oxidation sites excluding steroid dienone is 1. The first kappa shape index (κ1) is 25.0. The minimum atomic E-state index is -0.464. The van der Waals surface area contributed by atoms with Crippen LogP contribution in [0.4, 0.5) is 0 Å². The van der Waals surface area contributed by atoms with Crippen molar-refractivity contribution >= 4 is 33.2 Å². The summed E-state index contributed by atoms with van der Waals surface area (Å²) in [5, 5.41) is 13.7. The molecule has 1 aliphatic rings. The number of thiophene rings is 1. The summed E-state index contributed by atoms with van der Waals surface area (Å²) in [6.45, 7) is 9.69. The third-order valence-electron chi connectivity index (χ3n) is 6.01. The highest BCUT2D eigenvalue weighted by Crippen LogP contribution is 2.32. The van der Waals surface area contributed by atoms with Crippen LogP contribution in [0.15, 0.2) is 47.1 Å². The van der Waals surface area contributed by atoms with Crippen molar-refractivity contribution in [3.05, 3.63) is 63.5 Å². The molecule has 1 fully saturated rings. The van der Waals surface area contributed by atoms with Gasteiger partial charge in [0.15, 0.2) is 0 Å². The lowest BCUT2D eigenvalue weighted by molar-refractivity contribution is 0.0285. The number of benzene rings is 1. The molecule has 1 saturated heterocycles. The Labute approximate surface area is 208 Å². The van der Waals surface area contributed by atoms with Gasteiger partial charge in [-0.05, 0) is 30.5 Å². The molecule has 2 N–H and O–H groups in total. The molecule has 3 heterocycles. The molecule has 0 radical (unpaired) electrons. The van der Waals surface area contributed by atoms with E-state index < -0.39 is 6.10 Å². The first-order valence-corrected chi connectivity index (χ1v) is 12.9. The lowest BCUT2D eigenvalue weighted by Gasteiger charge is -2.30. The number of aromatic nitrogens is 2. The molecule has 1 aromatic carbocycles. The number of rotatable bonds is 11. The number of aliphatic hydroxyl groups excluding tert-OH is 1. The maximum absolute atomic E-state index is 13.1. The normalized spacial score (nSPS) is 15.7. The van der Waals surface area contributed by atoms with E-state index >= 15 is 0 Å². The van der Waals surface area contributed by atoms with Crippen LogP contribution in [0.1, 0.15) is 18.7 Å². The van der Waals surface area contributed by atoms with E-state index in [1.165, 1.54) is 11.3 Å². The number of halogens is 1. The van der Waals surface area contributed by atoms with Gasteiger partial charge in [-0.3, -0.25) is 14.6 Å². The number of fused-ring (bicyclic) bond motifs is 1. The van der Waals surface area contributed by atoms with Crippen molar-refractivity contribution in [1.82, 2.24) is 19.8 Å². The van der Waals surface area contributed by atoms with Gasteiger partial charge in [-0.15, -0.1) is 17.9 Å². The third kappa shape index (κ3) is 6.53. The standard InChI is InChI=1S/C25H31ClN4O3S/c1-2-3-7-20(31)15-30(9-8-29-10-12-33-13-11-29)16-22-27-24(32)23-21(17-34-25(23)28-22)18-5-4-6-19(26)14-18/h2,4-6,14,17,20,31H,1,3,7-13,15-16H2,(H,27,28,32). The van der Waals surface area contributed by atoms with E-state index in [1.54, 1.807) is 0 Å². The van der Waals surface area contributed by atoms with Crippen molar-refractivity contribution in [2.75, 3.05) is 45.9 Å². The van der Waals surface area contributed by atoms with Crippen LogP contribution in [0, 0.1) is 0 Å². The molecule has 0 saturated carbocycles. The Morgan fingerprint density at radius 2 is 2.21 bits per heavy atom. The quantitative estimate of drug-likeness (QED) is 0.388. The number of morpholine rings is 1. The topological polar surface area (TPSA) is 81.7 Å². The largest absolute Gasteiger partial charge is 0.392 e. The number of H-pyrrole nitrogens is 1. The highest BCUT2D eigenvalue weighted by molar-refractivity contribution is 7.17. The molecule has 0 bridgehead atoms. The molecule has 1 atom stereocenters. The van der Waals surface area contributed by atoms with E-state index in [9.17, 15) is 9.90 Å². The summed E-state index contributed by atoms with van der Waals surface area (Å²) in [6, 6.07) is 7.49. The average molecular weight is 503 g/mol. The van der Waals surface area contributed by atoms with Crippen LogP contribution in [-0.2, 0) is 11.3 Å². The van der Waals surface area contributed by atoms with Crippen LogP contribution >= 0.6 is 22.9 Å². The van der Waals surface area contributed by atoms with Crippen LogP contribution in [0.5, 0.6) is 0 Å². The van der Waals surface area contributed by atoms with E-state index in [-0.39, 0.29) is 5.56 Å². The number of hydrogen-bond donors (Lipinski definition) is 2. The maximum Gasteiger partial charge on any atom is 0.260 e. The SMILES string of the molecule is C=CCCC(O)CN(CCN1CCOCC1)Cc1nc2scc(-c3cccc(Cl)c3)c2c(=O)[nH]1. The van der Waals surface area contributed by atoms with Crippen LogP contribution in [0.25, 0.3) is 21.3 Å². The molecule has 182 valence electrons. The van der Waals surface area contributed by atoms with Gasteiger partial charge in [0.05, 0.1) is 31.2 Å². The van der Waals surface area contributed by atoms with Gasteiger partial charge in [-0.2, -0.15) is 0 Å². The summed E-state index contributed by atoms with van der Waals surface area (Å²) in [6.07, 6.45) is 2.78. The monoisotopic (exact) mass is 502 g/mol. The number of ether oxygens (including phenoxy) is 1. The molecule has 34 heavy (non-hydrogen) atoms. The van der Waals surface area contributed by atoms with Gasteiger partial charge in [0.25, 0.3) is 5.56 Å². The zero-order chi connectivity index (χ0) is 23.9. The molecule has 3 aromatic rings. The molecular weight excluding hydrogens is 472 g/mol. The van der Waals surface area contributed by atoms with Crippen LogP contribution in [0.2, 0.25) is 5.02 Å². The molecule has 0 aliphatic carbocycles. The lowest BCUT2D eigenvalue weighted by Crippen LogP contribution is -2.43. The van der Waals surface area contributed by atoms with Gasteiger partial charge in [0.2, 0.25) is 0 Å². The number of nitrogens with zero attached hydrogens (tertiary/aromatic N) is 3. The van der Waals surface area contributed by atoms with Gasteiger partial charge < -0.3 is 14.8 Å². The van der Waals surface area contributed by atoms with Gasteiger partial charge in [0.1, 0.15) is 10.7 Å². The second-order valence-corrected chi connectivity index (χ2v) is 9.86. The molecule has 2 aromatic heterocycles. The van der Waals surface area contributed by atoms with E-state index in [2.05, 4.69) is 21.4 Å². The summed E-state index contributed by atoms with van der Waals surface area (Å²) in [4.78, 5) is 26.0. The first-order chi connectivity index (χ1) is 16.5. The van der Waals surface area contributed by atoms with Gasteiger partial charge >= 0.3 is 0 Å². The second kappa shape index (κ2) is 12.1. The van der Waals surface area contributed by atoms with Crippen LogP contribution in [0.3, 0.4) is 0 Å². The lowest BCUT2D eigenvalue weighted by atomic mass is 10.1. The van der Waals surface area contributed by atoms with E-state index in [0.29, 0.717) is 40.6 Å². The van der Waals surface area contributed by atoms with Crippen LogP contribution < -0.4 is 5.56 Å². The minimum Gasteiger partial charge on any atom is -0.392 e. The van der Waals surface area contributed by atoms with Crippen molar-refractivity contribution in [1.29, 1.82) is 0 Å². The van der Waals surface area contributed by atoms with Crippen molar-refractivity contribution in [3.8, 4) is 11.1 Å². The summed E-state index contributed by atoms with van der Waals surface area (Å²) in [7, 11) is 0. The first-order valence-electron chi connectivity index (χ1n) is 11.6. The molecule has 1 aliphatic heterocycles. The predicted molar refractivity (Wildman–Crippen MR) is 139 cm³/mol. The Morgan fingerprint density at radius 3 is 2.97 bits per heavy atom. The van der Waals surface area contributed by atoms with Crippen molar-refractivity contribution in [2.24, 2.45) is 0 Å². The average Bonchev–Trinajstić information content (AvgIpc) is 3.26.